The quantitative estimate of drug-likeness (QED) is 0.268. The highest BCUT2D eigenvalue weighted by molar-refractivity contribution is 7.86. The number of carbonyl (C=O) groups is 3. The van der Waals surface area contributed by atoms with Crippen LogP contribution in [0.15, 0.2) is 21.9 Å². The minimum Gasteiger partial charge on any atom is -0.343 e. The lowest BCUT2D eigenvalue weighted by atomic mass is 10.2. The van der Waals surface area contributed by atoms with Crippen LogP contribution < -0.4 is 10.8 Å². The molecule has 26 heavy (non-hydrogen) atoms. The van der Waals surface area contributed by atoms with Gasteiger partial charge in [-0.1, -0.05) is 0 Å². The smallest absolute Gasteiger partial charge is 0.339 e. The molecule has 1 amide bonds. The van der Waals surface area contributed by atoms with Gasteiger partial charge in [0.05, 0.1) is 11.4 Å². The lowest BCUT2D eigenvalue weighted by Crippen LogP contribution is -2.17. The molecule has 0 aliphatic heterocycles. The molecule has 14 heteroatoms. The topological polar surface area (TPSA) is 193 Å². The van der Waals surface area contributed by atoms with E-state index in [9.17, 15) is 40.3 Å². The maximum atomic E-state index is 11.5. The monoisotopic (exact) mass is 410 g/mol. The Morgan fingerprint density at radius 3 is 1.85 bits per heavy atom. The van der Waals surface area contributed by atoms with Crippen LogP contribution in [-0.2, 0) is 39.5 Å². The molecule has 0 saturated carbocycles. The molecule has 0 aliphatic carbocycles. The number of carbonyl (C=O) groups excluding carboxylic acids is 3. The number of benzene rings is 1. The molecule has 0 saturated heterocycles. The normalized spacial score (nSPS) is 11.5. The van der Waals surface area contributed by atoms with E-state index < -0.39 is 65.5 Å². The molecule has 12 nitrogen and oxygen atoms in total. The summed E-state index contributed by atoms with van der Waals surface area (Å²) in [5.74, 6) is -2.49. The zero-order valence-electron chi connectivity index (χ0n) is 13.3. The summed E-state index contributed by atoms with van der Waals surface area (Å²) >= 11 is 0. The van der Waals surface area contributed by atoms with Gasteiger partial charge in [0.2, 0.25) is 5.91 Å². The van der Waals surface area contributed by atoms with E-state index in [2.05, 4.69) is 4.84 Å². The fourth-order valence-electron chi connectivity index (χ4n) is 1.71. The molecule has 0 radical (unpaired) electrons. The SMILES string of the molecule is CC(=O)CC(=O)ONc1cc(S(=O)(=O)O)c(NC(C)=O)cc1S(=O)(=O)O. The molecule has 0 aromatic heterocycles. The largest absolute Gasteiger partial charge is 0.343 e. The third-order valence-corrected chi connectivity index (χ3v) is 4.40. The second kappa shape index (κ2) is 7.77. The first-order valence-corrected chi connectivity index (χ1v) is 9.45. The Labute approximate surface area is 148 Å². The summed E-state index contributed by atoms with van der Waals surface area (Å²) in [6.07, 6.45) is -0.663. The lowest BCUT2D eigenvalue weighted by Gasteiger charge is -2.14. The van der Waals surface area contributed by atoms with Gasteiger partial charge in [-0.2, -0.15) is 16.8 Å². The van der Waals surface area contributed by atoms with E-state index in [1.807, 2.05) is 5.32 Å². The second-order valence-electron chi connectivity index (χ2n) is 4.93. The Morgan fingerprint density at radius 2 is 1.42 bits per heavy atom. The molecular formula is C12H14N2O10S2. The Hall–Kier alpha value is -2.55. The first kappa shape index (κ1) is 21.5. The van der Waals surface area contributed by atoms with E-state index in [0.717, 1.165) is 13.8 Å². The third kappa shape index (κ3) is 6.07. The van der Waals surface area contributed by atoms with Crippen molar-refractivity contribution >= 4 is 49.3 Å². The van der Waals surface area contributed by atoms with Crippen molar-refractivity contribution in [2.75, 3.05) is 10.8 Å². The highest BCUT2D eigenvalue weighted by Crippen LogP contribution is 2.32. The molecule has 1 aromatic rings. The van der Waals surface area contributed by atoms with Gasteiger partial charge >= 0.3 is 5.97 Å². The molecule has 0 aliphatic rings. The van der Waals surface area contributed by atoms with E-state index in [4.69, 9.17) is 0 Å². The van der Waals surface area contributed by atoms with E-state index in [0.29, 0.717) is 12.1 Å². The molecule has 0 unspecified atom stereocenters. The number of nitrogens with one attached hydrogen (secondary N) is 2. The highest BCUT2D eigenvalue weighted by Gasteiger charge is 2.25. The number of rotatable bonds is 7. The first-order chi connectivity index (χ1) is 11.7. The summed E-state index contributed by atoms with van der Waals surface area (Å²) in [7, 11) is -9.92. The molecule has 0 spiro atoms. The molecular weight excluding hydrogens is 396 g/mol. The number of ketones is 1. The number of Topliss-reactive ketones (excluding diaryl/α,β-unsaturated/α-hetero) is 1. The van der Waals surface area contributed by atoms with Gasteiger partial charge < -0.3 is 10.2 Å². The molecule has 1 aromatic carbocycles. The molecule has 4 N–H and O–H groups in total. The number of anilines is 2. The van der Waals surface area contributed by atoms with Crippen molar-refractivity contribution in [1.29, 1.82) is 0 Å². The van der Waals surface area contributed by atoms with Crippen LogP contribution in [0.2, 0.25) is 0 Å². The van der Waals surface area contributed by atoms with Gasteiger partial charge in [0.1, 0.15) is 22.0 Å². The van der Waals surface area contributed by atoms with Crippen LogP contribution in [0.3, 0.4) is 0 Å². The van der Waals surface area contributed by atoms with Gasteiger partial charge in [-0.3, -0.25) is 18.7 Å². The average Bonchev–Trinajstić information content (AvgIpc) is 2.41. The first-order valence-electron chi connectivity index (χ1n) is 6.57. The average molecular weight is 410 g/mol. The van der Waals surface area contributed by atoms with Crippen molar-refractivity contribution in [3.63, 3.8) is 0 Å². The van der Waals surface area contributed by atoms with Crippen LogP contribution in [0.1, 0.15) is 20.3 Å². The Morgan fingerprint density at radius 1 is 0.962 bits per heavy atom. The van der Waals surface area contributed by atoms with Crippen molar-refractivity contribution in [3.05, 3.63) is 12.1 Å². The van der Waals surface area contributed by atoms with Crippen molar-refractivity contribution < 1.29 is 45.2 Å². The third-order valence-electron chi connectivity index (χ3n) is 2.62. The maximum Gasteiger partial charge on any atom is 0.339 e. The zero-order chi connectivity index (χ0) is 20.3. The molecule has 1 rings (SSSR count). The van der Waals surface area contributed by atoms with Crippen molar-refractivity contribution in [2.24, 2.45) is 0 Å². The summed E-state index contributed by atoms with van der Waals surface area (Å²) in [5.41, 5.74) is 0.399. The molecule has 0 fully saturated rings. The van der Waals surface area contributed by atoms with Crippen LogP contribution in [0, 0.1) is 0 Å². The van der Waals surface area contributed by atoms with E-state index in [-0.39, 0.29) is 0 Å². The van der Waals surface area contributed by atoms with Crippen LogP contribution in [0.25, 0.3) is 0 Å². The fourth-order valence-corrected chi connectivity index (χ4v) is 3.01. The molecule has 144 valence electrons. The number of amides is 1. The van der Waals surface area contributed by atoms with Gasteiger partial charge in [-0.25, -0.2) is 10.3 Å². The maximum absolute atomic E-state index is 11.5. The summed E-state index contributed by atoms with van der Waals surface area (Å²) in [4.78, 5) is 35.8. The van der Waals surface area contributed by atoms with Crippen molar-refractivity contribution in [3.8, 4) is 0 Å². The van der Waals surface area contributed by atoms with Gasteiger partial charge in [0.15, 0.2) is 0 Å². The fraction of sp³-hybridized carbons (Fsp3) is 0.250. The number of hydrogen-bond acceptors (Lipinski definition) is 9. The van der Waals surface area contributed by atoms with E-state index in [1.165, 1.54) is 0 Å². The van der Waals surface area contributed by atoms with Crippen LogP contribution >= 0.6 is 0 Å². The lowest BCUT2D eigenvalue weighted by molar-refractivity contribution is -0.143. The molecule has 0 bridgehead atoms. The van der Waals surface area contributed by atoms with Gasteiger partial charge in [-0.05, 0) is 19.1 Å². The predicted octanol–water partition coefficient (Wildman–Crippen LogP) is -0.0124. The molecule has 0 atom stereocenters. The predicted molar refractivity (Wildman–Crippen MR) is 85.4 cm³/mol. The van der Waals surface area contributed by atoms with E-state index >= 15 is 0 Å². The summed E-state index contributed by atoms with van der Waals surface area (Å²) in [6, 6.07) is 1.03. The standard InChI is InChI=1S/C12H14N2O10S2/c1-6(15)3-12(17)24-14-9-5-10(25(18,19)20)8(13-7(2)16)4-11(9)26(21,22)23/h4-5,14H,3H2,1-2H3,(H,13,16)(H,18,19,20)(H,21,22,23). The van der Waals surface area contributed by atoms with Crippen molar-refractivity contribution in [2.45, 2.75) is 30.1 Å². The van der Waals surface area contributed by atoms with Crippen LogP contribution in [-0.4, -0.2) is 43.6 Å². The van der Waals surface area contributed by atoms with Gasteiger partial charge in [0.25, 0.3) is 20.2 Å². The van der Waals surface area contributed by atoms with Crippen LogP contribution in [0.5, 0.6) is 0 Å². The minimum atomic E-state index is -4.97. The van der Waals surface area contributed by atoms with Crippen molar-refractivity contribution in [1.82, 2.24) is 0 Å². The van der Waals surface area contributed by atoms with Gasteiger partial charge in [-0.15, -0.1) is 0 Å². The van der Waals surface area contributed by atoms with Gasteiger partial charge in [0, 0.05) is 6.92 Å². The Balaban J connectivity index is 3.49. The summed E-state index contributed by atoms with van der Waals surface area (Å²) < 4.78 is 64.3. The second-order valence-corrected chi connectivity index (χ2v) is 7.71. The summed E-state index contributed by atoms with van der Waals surface area (Å²) in [5, 5.41) is 1.98. The Bertz CT molecular complexity index is 966. The minimum absolute atomic E-state index is 0.505. The molecule has 0 heterocycles. The van der Waals surface area contributed by atoms with Crippen LogP contribution in [0.4, 0.5) is 11.4 Å². The van der Waals surface area contributed by atoms with E-state index in [1.54, 1.807) is 5.48 Å². The number of hydrogen-bond donors (Lipinski definition) is 4. The Kier molecular flexibility index (Phi) is 6.43. The highest BCUT2D eigenvalue weighted by atomic mass is 32.2. The zero-order valence-corrected chi connectivity index (χ0v) is 15.0. The summed E-state index contributed by atoms with van der Waals surface area (Å²) in [6.45, 7) is 2.07.